The molecule has 3 fully saturated rings. The van der Waals surface area contributed by atoms with E-state index in [-0.39, 0.29) is 11.9 Å². The Kier molecular flexibility index (Phi) is 5.79. The predicted molar refractivity (Wildman–Crippen MR) is 126 cm³/mol. The highest BCUT2D eigenvalue weighted by atomic mass is 19.1. The molecule has 6 rings (SSSR count). The Hall–Kier alpha value is -2.84. The van der Waals surface area contributed by atoms with Crippen molar-refractivity contribution in [1.29, 1.82) is 0 Å². The lowest BCUT2D eigenvalue weighted by Crippen LogP contribution is -2.35. The summed E-state index contributed by atoms with van der Waals surface area (Å²) in [5.41, 5.74) is 2.99. The van der Waals surface area contributed by atoms with Gasteiger partial charge in [-0.05, 0) is 74.3 Å². The summed E-state index contributed by atoms with van der Waals surface area (Å²) in [4.78, 5) is 11.6. The Morgan fingerprint density at radius 2 is 1.88 bits per heavy atom. The lowest BCUT2D eigenvalue weighted by Gasteiger charge is -2.28. The van der Waals surface area contributed by atoms with Gasteiger partial charge in [0, 0.05) is 30.9 Å². The molecule has 34 heavy (non-hydrogen) atoms. The number of aliphatic hydroxyl groups excluding tert-OH is 1. The molecule has 0 radical (unpaired) electrons. The van der Waals surface area contributed by atoms with Crippen LogP contribution in [0.15, 0.2) is 41.1 Å². The highest BCUT2D eigenvalue weighted by molar-refractivity contribution is 5.80. The minimum absolute atomic E-state index is 0.235. The molecule has 0 spiro atoms. The number of piperidine rings is 1. The molecule has 1 unspecified atom stereocenters. The van der Waals surface area contributed by atoms with Crippen LogP contribution in [-0.4, -0.2) is 50.4 Å². The lowest BCUT2D eigenvalue weighted by molar-refractivity contribution is 0.0750. The Labute approximate surface area is 198 Å². The molecular formula is C26H30FN5O2. The first kappa shape index (κ1) is 21.7. The molecule has 1 aliphatic heterocycles. The monoisotopic (exact) mass is 463 g/mol. The van der Waals surface area contributed by atoms with Crippen LogP contribution >= 0.6 is 0 Å². The topological polar surface area (TPSA) is 87.3 Å². The largest absolute Gasteiger partial charge is 0.393 e. The number of anilines is 1. The zero-order chi connectivity index (χ0) is 23.1. The number of aliphatic hydroxyl groups is 1. The van der Waals surface area contributed by atoms with E-state index in [9.17, 15) is 9.50 Å². The van der Waals surface area contributed by atoms with Crippen LogP contribution in [0.5, 0.6) is 0 Å². The number of nitrogens with one attached hydrogen (secondary N) is 1. The zero-order valence-electron chi connectivity index (χ0n) is 19.2. The summed E-state index contributed by atoms with van der Waals surface area (Å²) in [7, 11) is 0. The van der Waals surface area contributed by atoms with E-state index >= 15 is 0 Å². The van der Waals surface area contributed by atoms with Gasteiger partial charge in [0.25, 0.3) is 0 Å². The number of fused-ring (bicyclic) bond motifs is 2. The van der Waals surface area contributed by atoms with Crippen LogP contribution in [0.2, 0.25) is 0 Å². The lowest BCUT2D eigenvalue weighted by atomic mass is 9.95. The fraction of sp³-hybridized carbons (Fsp3) is 0.500. The van der Waals surface area contributed by atoms with Crippen LogP contribution < -0.4 is 5.32 Å². The number of aromatic nitrogens is 3. The van der Waals surface area contributed by atoms with Crippen LogP contribution in [0, 0.1) is 17.7 Å². The van der Waals surface area contributed by atoms with Crippen LogP contribution in [0.4, 0.5) is 10.3 Å². The minimum atomic E-state index is -0.291. The van der Waals surface area contributed by atoms with E-state index < -0.39 is 0 Å². The van der Waals surface area contributed by atoms with E-state index in [0.717, 1.165) is 54.4 Å². The summed E-state index contributed by atoms with van der Waals surface area (Å²) in [5.74, 6) is 2.62. The summed E-state index contributed by atoms with van der Waals surface area (Å²) < 4.78 is 19.4. The highest BCUT2D eigenvalue weighted by Gasteiger charge is 2.39. The molecule has 8 heteroatoms. The van der Waals surface area contributed by atoms with Crippen LogP contribution in [0.1, 0.15) is 44.3 Å². The maximum atomic E-state index is 13.6. The van der Waals surface area contributed by atoms with Gasteiger partial charge in [-0.3, -0.25) is 4.90 Å². The van der Waals surface area contributed by atoms with Crippen molar-refractivity contribution in [3.05, 3.63) is 48.1 Å². The third kappa shape index (κ3) is 4.32. The van der Waals surface area contributed by atoms with Crippen LogP contribution in [0.25, 0.3) is 22.5 Å². The summed E-state index contributed by atoms with van der Waals surface area (Å²) >= 11 is 0. The van der Waals surface area contributed by atoms with Crippen molar-refractivity contribution in [3.63, 3.8) is 0 Å². The molecule has 2 bridgehead atoms. The summed E-state index contributed by atoms with van der Waals surface area (Å²) in [5, 5.41) is 17.8. The Bertz CT molecular complexity index is 1140. The van der Waals surface area contributed by atoms with Gasteiger partial charge in [-0.15, -0.1) is 0 Å². The van der Waals surface area contributed by atoms with Crippen molar-refractivity contribution in [2.75, 3.05) is 18.4 Å². The standard InChI is InChI=1S/C26H30FN5O2/c27-19-5-3-17(4-6-19)25-24(23(34-31-25)15-32-11-8-20(33)9-12-32)21-7-10-28-26(29-21)30-22-14-16-1-2-18(22)13-16/h3-7,10,16,18,20,22,33H,1-2,8-9,11-15H2,(H,28,29,30)/t16?,18-,22+/m1/s1. The van der Waals surface area contributed by atoms with Crippen molar-refractivity contribution >= 4 is 5.95 Å². The maximum absolute atomic E-state index is 13.6. The third-order valence-electron chi connectivity index (χ3n) is 7.77. The molecular weight excluding hydrogens is 433 g/mol. The molecule has 2 saturated carbocycles. The molecule has 0 amide bonds. The Balaban J connectivity index is 1.33. The molecule has 2 aromatic heterocycles. The number of hydrogen-bond acceptors (Lipinski definition) is 7. The quantitative estimate of drug-likeness (QED) is 0.557. The zero-order valence-corrected chi connectivity index (χ0v) is 19.2. The van der Waals surface area contributed by atoms with E-state index in [2.05, 4.69) is 20.4 Å². The number of benzene rings is 1. The molecule has 7 nitrogen and oxygen atoms in total. The van der Waals surface area contributed by atoms with Crippen molar-refractivity contribution in [1.82, 2.24) is 20.0 Å². The Morgan fingerprint density at radius 3 is 2.62 bits per heavy atom. The average molecular weight is 464 g/mol. The molecule has 2 aliphatic carbocycles. The molecule has 3 atom stereocenters. The van der Waals surface area contributed by atoms with Gasteiger partial charge in [0.05, 0.1) is 23.9 Å². The molecule has 2 N–H and O–H groups in total. The number of nitrogens with zero attached hydrogens (tertiary/aromatic N) is 4. The normalized spacial score (nSPS) is 25.2. The van der Waals surface area contributed by atoms with E-state index in [1.165, 1.54) is 37.8 Å². The van der Waals surface area contributed by atoms with Crippen molar-refractivity contribution in [3.8, 4) is 22.5 Å². The summed E-state index contributed by atoms with van der Waals surface area (Å²) in [6.07, 6.45) is 8.19. The van der Waals surface area contributed by atoms with E-state index in [1.54, 1.807) is 18.3 Å². The Morgan fingerprint density at radius 1 is 1.06 bits per heavy atom. The van der Waals surface area contributed by atoms with Crippen molar-refractivity contribution in [2.45, 2.75) is 57.2 Å². The second kappa shape index (κ2) is 9.07. The van der Waals surface area contributed by atoms with Crippen LogP contribution in [-0.2, 0) is 6.54 Å². The molecule has 3 aliphatic rings. The fourth-order valence-corrected chi connectivity index (χ4v) is 5.94. The highest BCUT2D eigenvalue weighted by Crippen LogP contribution is 2.45. The van der Waals surface area contributed by atoms with Gasteiger partial charge in [-0.2, -0.15) is 0 Å². The van der Waals surface area contributed by atoms with Crippen LogP contribution in [0.3, 0.4) is 0 Å². The predicted octanol–water partition coefficient (Wildman–Crippen LogP) is 4.49. The van der Waals surface area contributed by atoms with Crippen molar-refractivity contribution in [2.24, 2.45) is 11.8 Å². The number of halogens is 1. The number of hydrogen-bond donors (Lipinski definition) is 2. The van der Waals surface area contributed by atoms with E-state index in [0.29, 0.717) is 30.1 Å². The van der Waals surface area contributed by atoms with Gasteiger partial charge < -0.3 is 14.9 Å². The third-order valence-corrected chi connectivity index (χ3v) is 7.77. The summed E-state index contributed by atoms with van der Waals surface area (Å²) in [6, 6.07) is 8.62. The first-order chi connectivity index (χ1) is 16.6. The fourth-order valence-electron chi connectivity index (χ4n) is 5.94. The SMILES string of the molecule is OC1CCN(Cc2onc(-c3ccc(F)cc3)c2-c2ccnc(N[C@H]3CC4CC[C@@H]3C4)n2)CC1. The molecule has 3 aromatic rings. The van der Waals surface area contributed by atoms with Gasteiger partial charge in [0.1, 0.15) is 11.5 Å². The summed E-state index contributed by atoms with van der Waals surface area (Å²) in [6.45, 7) is 2.18. The second-order valence-corrected chi connectivity index (χ2v) is 10.0. The molecule has 178 valence electrons. The van der Waals surface area contributed by atoms with Gasteiger partial charge >= 0.3 is 0 Å². The first-order valence-corrected chi connectivity index (χ1v) is 12.4. The number of rotatable bonds is 6. The van der Waals surface area contributed by atoms with Gasteiger partial charge in [-0.25, -0.2) is 14.4 Å². The molecule has 1 aromatic carbocycles. The van der Waals surface area contributed by atoms with Crippen molar-refractivity contribution < 1.29 is 14.0 Å². The first-order valence-electron chi connectivity index (χ1n) is 12.4. The van der Waals surface area contributed by atoms with E-state index in [4.69, 9.17) is 9.51 Å². The smallest absolute Gasteiger partial charge is 0.223 e. The second-order valence-electron chi connectivity index (χ2n) is 10.0. The molecule has 3 heterocycles. The molecule has 1 saturated heterocycles. The number of likely N-dealkylation sites (tertiary alicyclic amines) is 1. The average Bonchev–Trinajstić information content (AvgIpc) is 3.57. The maximum Gasteiger partial charge on any atom is 0.223 e. The minimum Gasteiger partial charge on any atom is -0.393 e. The van der Waals surface area contributed by atoms with Gasteiger partial charge in [-0.1, -0.05) is 11.6 Å². The van der Waals surface area contributed by atoms with Gasteiger partial charge in [0.15, 0.2) is 5.76 Å². The van der Waals surface area contributed by atoms with E-state index in [1.807, 2.05) is 6.07 Å². The van der Waals surface area contributed by atoms with Gasteiger partial charge in [0.2, 0.25) is 5.95 Å².